The minimum atomic E-state index is -0.0150. The second-order valence-electron chi connectivity index (χ2n) is 3.52. The molecule has 0 saturated heterocycles. The molecule has 0 unspecified atom stereocenters. The van der Waals surface area contributed by atoms with Crippen molar-refractivity contribution in [1.29, 1.82) is 0 Å². The maximum Gasteiger partial charge on any atom is 0.159 e. The zero-order valence-electron chi connectivity index (χ0n) is 10.2. The molecular weight excluding hydrogens is 236 g/mol. The summed E-state index contributed by atoms with van der Waals surface area (Å²) in [5.41, 5.74) is 0.701. The van der Waals surface area contributed by atoms with E-state index in [4.69, 9.17) is 14.6 Å². The first-order valence-electron chi connectivity index (χ1n) is 5.40. The van der Waals surface area contributed by atoms with Crippen LogP contribution in [0.5, 0.6) is 11.5 Å². The number of hydrogen-bond donors (Lipinski definition) is 1. The summed E-state index contributed by atoms with van der Waals surface area (Å²) in [6.45, 7) is -0.0150. The van der Waals surface area contributed by atoms with Gasteiger partial charge < -0.3 is 14.6 Å². The highest BCUT2D eigenvalue weighted by Gasteiger charge is 2.13. The minimum absolute atomic E-state index is 0.0150. The summed E-state index contributed by atoms with van der Waals surface area (Å²) >= 11 is 0. The van der Waals surface area contributed by atoms with E-state index in [0.717, 1.165) is 0 Å². The fourth-order valence-electron chi connectivity index (χ4n) is 1.61. The van der Waals surface area contributed by atoms with Gasteiger partial charge in [-0.3, -0.25) is 0 Å². The summed E-state index contributed by atoms with van der Waals surface area (Å²) in [4.78, 5) is 0. The van der Waals surface area contributed by atoms with Crippen LogP contribution in [0.15, 0.2) is 18.2 Å². The highest BCUT2D eigenvalue weighted by Crippen LogP contribution is 2.27. The van der Waals surface area contributed by atoms with Crippen LogP contribution in [0.2, 0.25) is 0 Å². The second-order valence-corrected chi connectivity index (χ2v) is 3.52. The van der Waals surface area contributed by atoms with Gasteiger partial charge >= 0.3 is 0 Å². The number of hydrogen-bond acceptors (Lipinski definition) is 6. The van der Waals surface area contributed by atoms with Crippen LogP contribution in [0.3, 0.4) is 0 Å². The van der Waals surface area contributed by atoms with Crippen LogP contribution in [0.25, 0.3) is 5.69 Å². The van der Waals surface area contributed by atoms with Crippen molar-refractivity contribution in [2.24, 2.45) is 0 Å². The molecule has 7 heteroatoms. The molecule has 96 valence electrons. The summed E-state index contributed by atoms with van der Waals surface area (Å²) in [7, 11) is 3.15. The monoisotopic (exact) mass is 250 g/mol. The van der Waals surface area contributed by atoms with E-state index >= 15 is 0 Å². The lowest BCUT2D eigenvalue weighted by atomic mass is 10.2. The van der Waals surface area contributed by atoms with Gasteiger partial charge in [0.15, 0.2) is 5.82 Å². The van der Waals surface area contributed by atoms with Gasteiger partial charge in [0.2, 0.25) is 0 Å². The maximum absolute atomic E-state index is 8.96. The number of tetrazole rings is 1. The molecule has 0 atom stereocenters. The first kappa shape index (κ1) is 12.3. The van der Waals surface area contributed by atoms with Crippen molar-refractivity contribution in [3.05, 3.63) is 24.0 Å². The number of benzene rings is 1. The molecule has 1 aromatic heterocycles. The Bertz CT molecular complexity index is 527. The Labute approximate surface area is 104 Å². The van der Waals surface area contributed by atoms with Crippen molar-refractivity contribution < 1.29 is 14.6 Å². The van der Waals surface area contributed by atoms with Crippen molar-refractivity contribution in [1.82, 2.24) is 20.2 Å². The highest BCUT2D eigenvalue weighted by molar-refractivity contribution is 5.50. The minimum Gasteiger partial charge on any atom is -0.497 e. The fraction of sp³-hybridized carbons (Fsp3) is 0.364. The van der Waals surface area contributed by atoms with Crippen LogP contribution in [0, 0.1) is 0 Å². The van der Waals surface area contributed by atoms with Gasteiger partial charge in [-0.1, -0.05) is 0 Å². The van der Waals surface area contributed by atoms with Gasteiger partial charge in [0, 0.05) is 12.5 Å². The van der Waals surface area contributed by atoms with Gasteiger partial charge in [0.1, 0.15) is 17.2 Å². The van der Waals surface area contributed by atoms with E-state index in [2.05, 4.69) is 15.5 Å². The average molecular weight is 250 g/mol. The van der Waals surface area contributed by atoms with Crippen molar-refractivity contribution in [3.8, 4) is 17.2 Å². The quantitative estimate of drug-likeness (QED) is 0.817. The Balaban J connectivity index is 2.46. The van der Waals surface area contributed by atoms with Crippen LogP contribution in [-0.2, 0) is 6.42 Å². The number of ether oxygens (including phenoxy) is 2. The lowest BCUT2D eigenvalue weighted by molar-refractivity contribution is 0.295. The number of nitrogens with zero attached hydrogens (tertiary/aromatic N) is 4. The van der Waals surface area contributed by atoms with Crippen LogP contribution in [0.1, 0.15) is 5.82 Å². The molecule has 18 heavy (non-hydrogen) atoms. The molecule has 0 aliphatic carbocycles. The number of aromatic nitrogens is 4. The third-order valence-corrected chi connectivity index (χ3v) is 2.48. The molecule has 0 fully saturated rings. The van der Waals surface area contributed by atoms with E-state index in [1.165, 1.54) is 4.68 Å². The van der Waals surface area contributed by atoms with E-state index < -0.39 is 0 Å². The van der Waals surface area contributed by atoms with Crippen LogP contribution < -0.4 is 9.47 Å². The Morgan fingerprint density at radius 3 is 2.78 bits per heavy atom. The Hall–Kier alpha value is -2.15. The molecule has 0 saturated carbocycles. The van der Waals surface area contributed by atoms with Gasteiger partial charge in [0.25, 0.3) is 0 Å². The Kier molecular flexibility index (Phi) is 3.73. The van der Waals surface area contributed by atoms with Crippen molar-refractivity contribution in [2.75, 3.05) is 20.8 Å². The lowest BCUT2D eigenvalue weighted by Crippen LogP contribution is -2.07. The molecule has 1 N–H and O–H groups in total. The standard InChI is InChI=1S/C11H14N4O3/c1-17-8-3-4-9(10(7-8)18-2)15-11(5-6-16)12-13-14-15/h3-4,7,16H,5-6H2,1-2H3. The summed E-state index contributed by atoms with van der Waals surface area (Å²) in [5, 5.41) is 20.3. The van der Waals surface area contributed by atoms with Crippen molar-refractivity contribution in [2.45, 2.75) is 6.42 Å². The topological polar surface area (TPSA) is 82.3 Å². The first-order valence-corrected chi connectivity index (χ1v) is 5.40. The molecule has 1 aromatic carbocycles. The lowest BCUT2D eigenvalue weighted by Gasteiger charge is -2.10. The highest BCUT2D eigenvalue weighted by atomic mass is 16.5. The van der Waals surface area contributed by atoms with Gasteiger partial charge in [0.05, 0.1) is 20.8 Å². The number of aliphatic hydroxyl groups is 1. The molecule has 0 amide bonds. The Morgan fingerprint density at radius 2 is 2.11 bits per heavy atom. The van der Waals surface area contributed by atoms with Crippen LogP contribution >= 0.6 is 0 Å². The summed E-state index contributed by atoms with van der Waals surface area (Å²) < 4.78 is 11.9. The van der Waals surface area contributed by atoms with E-state index in [-0.39, 0.29) is 6.61 Å². The second kappa shape index (κ2) is 5.46. The van der Waals surface area contributed by atoms with Crippen LogP contribution in [0.4, 0.5) is 0 Å². The molecule has 0 aliphatic heterocycles. The van der Waals surface area contributed by atoms with E-state index in [1.807, 2.05) is 0 Å². The smallest absolute Gasteiger partial charge is 0.159 e. The number of aliphatic hydroxyl groups excluding tert-OH is 1. The predicted molar refractivity (Wildman–Crippen MR) is 63.0 cm³/mol. The fourth-order valence-corrected chi connectivity index (χ4v) is 1.61. The molecule has 2 aromatic rings. The molecule has 0 aliphatic rings. The zero-order chi connectivity index (χ0) is 13.0. The van der Waals surface area contributed by atoms with E-state index in [9.17, 15) is 0 Å². The number of methoxy groups -OCH3 is 2. The summed E-state index contributed by atoms with van der Waals surface area (Å²) in [6, 6.07) is 5.34. The molecule has 0 bridgehead atoms. The SMILES string of the molecule is COc1ccc(-n2nnnc2CCO)c(OC)c1. The molecular formula is C11H14N4O3. The average Bonchev–Trinajstić information content (AvgIpc) is 2.86. The van der Waals surface area contributed by atoms with Gasteiger partial charge in [-0.05, 0) is 22.6 Å². The molecule has 2 rings (SSSR count). The third-order valence-electron chi connectivity index (χ3n) is 2.48. The number of rotatable bonds is 5. The largest absolute Gasteiger partial charge is 0.497 e. The zero-order valence-corrected chi connectivity index (χ0v) is 10.2. The first-order chi connectivity index (χ1) is 8.80. The maximum atomic E-state index is 8.96. The summed E-state index contributed by atoms with van der Waals surface area (Å²) in [5.74, 6) is 1.86. The van der Waals surface area contributed by atoms with Gasteiger partial charge in [-0.2, -0.15) is 4.68 Å². The molecule has 7 nitrogen and oxygen atoms in total. The Morgan fingerprint density at radius 1 is 1.28 bits per heavy atom. The van der Waals surface area contributed by atoms with Gasteiger partial charge in [-0.15, -0.1) is 5.10 Å². The molecule has 1 heterocycles. The molecule has 0 radical (unpaired) electrons. The molecule has 0 spiro atoms. The third kappa shape index (κ3) is 2.25. The van der Waals surface area contributed by atoms with Crippen molar-refractivity contribution in [3.63, 3.8) is 0 Å². The van der Waals surface area contributed by atoms with Crippen LogP contribution in [-0.4, -0.2) is 46.1 Å². The van der Waals surface area contributed by atoms with Gasteiger partial charge in [-0.25, -0.2) is 0 Å². The van der Waals surface area contributed by atoms with Crippen molar-refractivity contribution >= 4 is 0 Å². The van der Waals surface area contributed by atoms with E-state index in [0.29, 0.717) is 29.4 Å². The predicted octanol–water partition coefficient (Wildman–Crippen LogP) is 0.214. The normalized spacial score (nSPS) is 10.4. The summed E-state index contributed by atoms with van der Waals surface area (Å²) in [6.07, 6.45) is 0.377. The van der Waals surface area contributed by atoms with E-state index in [1.54, 1.807) is 32.4 Å².